The topological polar surface area (TPSA) is 64.0 Å². The Morgan fingerprint density at radius 3 is 2.89 bits per heavy atom. The van der Waals surface area contributed by atoms with Crippen LogP contribution < -0.4 is 10.9 Å². The molecule has 0 spiro atoms. The summed E-state index contributed by atoms with van der Waals surface area (Å²) in [6, 6.07) is 7.22. The number of amides is 1. The van der Waals surface area contributed by atoms with Gasteiger partial charge in [0.15, 0.2) is 0 Å². The van der Waals surface area contributed by atoms with Crippen LogP contribution in [0.1, 0.15) is 0 Å². The van der Waals surface area contributed by atoms with Crippen molar-refractivity contribution in [1.29, 1.82) is 0 Å². The van der Waals surface area contributed by atoms with Crippen molar-refractivity contribution >= 4 is 43.5 Å². The Morgan fingerprint density at radius 1 is 1.37 bits per heavy atom. The summed E-state index contributed by atoms with van der Waals surface area (Å²) in [7, 11) is 0. The molecular weight excluding hydrogens is 378 g/mol. The zero-order chi connectivity index (χ0) is 13.8. The van der Waals surface area contributed by atoms with Crippen LogP contribution in [0.25, 0.3) is 0 Å². The molecular formula is C12H9Br2N3O2. The summed E-state index contributed by atoms with van der Waals surface area (Å²) in [6.07, 6.45) is 2.72. The summed E-state index contributed by atoms with van der Waals surface area (Å²) in [5.41, 5.74) is 0.370. The molecule has 7 heteroatoms. The molecule has 0 unspecified atom stereocenters. The fourth-order valence-corrected chi connectivity index (χ4v) is 2.20. The van der Waals surface area contributed by atoms with Crippen LogP contribution in [-0.2, 0) is 11.3 Å². The van der Waals surface area contributed by atoms with Gasteiger partial charge in [-0.05, 0) is 34.1 Å². The minimum atomic E-state index is -0.292. The van der Waals surface area contributed by atoms with E-state index >= 15 is 0 Å². The predicted octanol–water partition coefficient (Wildman–Crippen LogP) is 2.41. The molecule has 1 aromatic carbocycles. The molecule has 1 heterocycles. The Labute approximate surface area is 125 Å². The Kier molecular flexibility index (Phi) is 4.49. The van der Waals surface area contributed by atoms with E-state index in [1.807, 2.05) is 12.1 Å². The van der Waals surface area contributed by atoms with Gasteiger partial charge in [0, 0.05) is 16.4 Å². The van der Waals surface area contributed by atoms with Crippen molar-refractivity contribution in [3.63, 3.8) is 0 Å². The van der Waals surface area contributed by atoms with Gasteiger partial charge in [0.05, 0.1) is 6.33 Å². The monoisotopic (exact) mass is 385 g/mol. The molecule has 0 atom stereocenters. The van der Waals surface area contributed by atoms with E-state index in [-0.39, 0.29) is 18.0 Å². The number of hydrogen-bond donors (Lipinski definition) is 1. The van der Waals surface area contributed by atoms with Crippen LogP contribution in [0, 0.1) is 0 Å². The molecule has 19 heavy (non-hydrogen) atoms. The van der Waals surface area contributed by atoms with Crippen molar-refractivity contribution in [2.75, 3.05) is 5.32 Å². The molecule has 5 nitrogen and oxygen atoms in total. The van der Waals surface area contributed by atoms with Gasteiger partial charge in [-0.1, -0.05) is 22.0 Å². The van der Waals surface area contributed by atoms with Crippen molar-refractivity contribution in [2.24, 2.45) is 0 Å². The molecule has 1 N–H and O–H groups in total. The van der Waals surface area contributed by atoms with Crippen LogP contribution in [0.4, 0.5) is 5.69 Å². The van der Waals surface area contributed by atoms with Crippen molar-refractivity contribution in [2.45, 2.75) is 6.54 Å². The van der Waals surface area contributed by atoms with Crippen molar-refractivity contribution in [3.05, 3.63) is 56.1 Å². The van der Waals surface area contributed by atoms with E-state index in [1.54, 1.807) is 12.1 Å². The lowest BCUT2D eigenvalue weighted by atomic mass is 10.3. The second-order valence-corrected chi connectivity index (χ2v) is 5.50. The predicted molar refractivity (Wildman–Crippen MR) is 79.0 cm³/mol. The van der Waals surface area contributed by atoms with Gasteiger partial charge < -0.3 is 5.32 Å². The Balaban J connectivity index is 2.10. The van der Waals surface area contributed by atoms with E-state index < -0.39 is 0 Å². The van der Waals surface area contributed by atoms with Gasteiger partial charge in [-0.3, -0.25) is 14.2 Å². The highest BCUT2D eigenvalue weighted by atomic mass is 79.9. The second-order valence-electron chi connectivity index (χ2n) is 3.73. The van der Waals surface area contributed by atoms with Crippen LogP contribution >= 0.6 is 31.9 Å². The Hall–Kier alpha value is -1.47. The number of hydrogen-bond acceptors (Lipinski definition) is 3. The summed E-state index contributed by atoms with van der Waals surface area (Å²) in [4.78, 5) is 27.4. The molecule has 0 bridgehead atoms. The smallest absolute Gasteiger partial charge is 0.268 e. The van der Waals surface area contributed by atoms with Crippen molar-refractivity contribution < 1.29 is 4.79 Å². The number of rotatable bonds is 3. The third-order valence-electron chi connectivity index (χ3n) is 2.28. The van der Waals surface area contributed by atoms with Crippen LogP contribution in [0.5, 0.6) is 0 Å². The first kappa shape index (κ1) is 14.0. The molecule has 0 radical (unpaired) electrons. The average molecular weight is 387 g/mol. The molecule has 0 aliphatic rings. The highest BCUT2D eigenvalue weighted by molar-refractivity contribution is 9.10. The van der Waals surface area contributed by atoms with Crippen molar-refractivity contribution in [3.8, 4) is 0 Å². The second kappa shape index (κ2) is 6.12. The van der Waals surface area contributed by atoms with Crippen molar-refractivity contribution in [1.82, 2.24) is 9.55 Å². The summed E-state index contributed by atoms with van der Waals surface area (Å²) in [5.74, 6) is -0.292. The van der Waals surface area contributed by atoms with E-state index in [1.165, 1.54) is 17.1 Å². The number of nitrogens with zero attached hydrogens (tertiary/aromatic N) is 2. The lowest BCUT2D eigenvalue weighted by molar-refractivity contribution is -0.116. The molecule has 0 saturated heterocycles. The van der Waals surface area contributed by atoms with E-state index in [9.17, 15) is 9.59 Å². The first-order chi connectivity index (χ1) is 9.06. The van der Waals surface area contributed by atoms with Gasteiger partial charge in [0.1, 0.15) is 11.0 Å². The standard InChI is InChI=1S/C12H9Br2N3O2/c13-8-2-1-3-9(4-8)16-11(18)6-17-7-15-5-10(14)12(17)19/h1-5,7H,6H2,(H,16,18). The maximum absolute atomic E-state index is 11.8. The summed E-state index contributed by atoms with van der Waals surface area (Å²) >= 11 is 6.40. The fourth-order valence-electron chi connectivity index (χ4n) is 1.46. The van der Waals surface area contributed by atoms with E-state index in [0.29, 0.717) is 10.2 Å². The molecule has 2 rings (SSSR count). The SMILES string of the molecule is O=C(Cn1cncc(Br)c1=O)Nc1cccc(Br)c1. The normalized spacial score (nSPS) is 10.2. The zero-order valence-corrected chi connectivity index (χ0v) is 12.8. The number of carbonyl (C=O) groups is 1. The average Bonchev–Trinajstić information content (AvgIpc) is 2.35. The molecule has 0 saturated carbocycles. The van der Waals surface area contributed by atoms with Crippen LogP contribution in [0.2, 0.25) is 0 Å². The zero-order valence-electron chi connectivity index (χ0n) is 9.64. The third kappa shape index (κ3) is 3.74. The Morgan fingerprint density at radius 2 is 2.16 bits per heavy atom. The number of nitrogens with one attached hydrogen (secondary N) is 1. The minimum Gasteiger partial charge on any atom is -0.324 e. The maximum Gasteiger partial charge on any atom is 0.268 e. The molecule has 0 fully saturated rings. The number of anilines is 1. The highest BCUT2D eigenvalue weighted by Crippen LogP contribution is 2.15. The lowest BCUT2D eigenvalue weighted by Crippen LogP contribution is -2.28. The molecule has 0 aliphatic heterocycles. The summed E-state index contributed by atoms with van der Waals surface area (Å²) in [5, 5.41) is 2.71. The Bertz CT molecular complexity index is 670. The molecule has 0 aliphatic carbocycles. The molecule has 1 aromatic heterocycles. The van der Waals surface area contributed by atoms with E-state index in [0.717, 1.165) is 4.47 Å². The summed E-state index contributed by atoms with van der Waals surface area (Å²) < 4.78 is 2.43. The van der Waals surface area contributed by atoms with Crippen LogP contribution in [0.3, 0.4) is 0 Å². The van der Waals surface area contributed by atoms with Crippen LogP contribution in [0.15, 0.2) is 50.5 Å². The van der Waals surface area contributed by atoms with Gasteiger partial charge in [-0.15, -0.1) is 0 Å². The van der Waals surface area contributed by atoms with Crippen LogP contribution in [-0.4, -0.2) is 15.5 Å². The molecule has 98 valence electrons. The number of halogens is 2. The van der Waals surface area contributed by atoms with E-state index in [4.69, 9.17) is 0 Å². The molecule has 1 amide bonds. The first-order valence-electron chi connectivity index (χ1n) is 5.31. The third-order valence-corrected chi connectivity index (χ3v) is 3.32. The summed E-state index contributed by atoms with van der Waals surface area (Å²) in [6.45, 7) is -0.0855. The number of aromatic nitrogens is 2. The largest absolute Gasteiger partial charge is 0.324 e. The lowest BCUT2D eigenvalue weighted by Gasteiger charge is -2.07. The van der Waals surface area contributed by atoms with E-state index in [2.05, 4.69) is 42.2 Å². The van der Waals surface area contributed by atoms with Gasteiger partial charge in [0.25, 0.3) is 5.56 Å². The quantitative estimate of drug-likeness (QED) is 0.880. The highest BCUT2D eigenvalue weighted by Gasteiger charge is 2.07. The van der Waals surface area contributed by atoms with Gasteiger partial charge in [-0.25, -0.2) is 4.98 Å². The first-order valence-corrected chi connectivity index (χ1v) is 6.90. The number of carbonyl (C=O) groups excluding carboxylic acids is 1. The fraction of sp³-hybridized carbons (Fsp3) is 0.0833. The number of benzene rings is 1. The minimum absolute atomic E-state index is 0.0855. The van der Waals surface area contributed by atoms with Gasteiger partial charge >= 0.3 is 0 Å². The van der Waals surface area contributed by atoms with Gasteiger partial charge in [-0.2, -0.15) is 0 Å². The molecule has 2 aromatic rings. The van der Waals surface area contributed by atoms with Gasteiger partial charge in [0.2, 0.25) is 5.91 Å². The maximum atomic E-state index is 11.8.